The zero-order chi connectivity index (χ0) is 13.0. The van der Waals surface area contributed by atoms with Gasteiger partial charge in [-0.2, -0.15) is 0 Å². The summed E-state index contributed by atoms with van der Waals surface area (Å²) in [4.78, 5) is 0. The highest BCUT2D eigenvalue weighted by Gasteiger charge is 2.35. The van der Waals surface area contributed by atoms with Gasteiger partial charge in [0.1, 0.15) is 0 Å². The van der Waals surface area contributed by atoms with Crippen LogP contribution in [0, 0.1) is 0 Å². The highest BCUT2D eigenvalue weighted by molar-refractivity contribution is 6.31. The van der Waals surface area contributed by atoms with Gasteiger partial charge in [-0.25, -0.2) is 0 Å². The molecule has 0 spiro atoms. The summed E-state index contributed by atoms with van der Waals surface area (Å²) in [5.74, 6) is -1.06. The van der Waals surface area contributed by atoms with E-state index in [1.54, 1.807) is 6.07 Å². The number of aliphatic hydroxyl groups is 2. The lowest BCUT2D eigenvalue weighted by atomic mass is 10.1. The van der Waals surface area contributed by atoms with Crippen molar-refractivity contribution in [1.29, 1.82) is 0 Å². The second kappa shape index (κ2) is 6.02. The molecule has 0 radical (unpaired) electrons. The van der Waals surface area contributed by atoms with Crippen molar-refractivity contribution < 1.29 is 14.9 Å². The van der Waals surface area contributed by atoms with Crippen LogP contribution in [0.1, 0.15) is 43.8 Å². The average Bonchev–Trinajstić information content (AvgIpc) is 2.76. The van der Waals surface area contributed by atoms with E-state index in [-0.39, 0.29) is 12.7 Å². The van der Waals surface area contributed by atoms with E-state index in [9.17, 15) is 5.11 Å². The van der Waals surface area contributed by atoms with Crippen LogP contribution in [0.25, 0.3) is 0 Å². The number of rotatable bonds is 5. The van der Waals surface area contributed by atoms with Crippen LogP contribution in [0.2, 0.25) is 5.02 Å². The zero-order valence-corrected chi connectivity index (χ0v) is 11.1. The molecule has 1 aromatic carbocycles. The van der Waals surface area contributed by atoms with Crippen LogP contribution in [0.4, 0.5) is 0 Å². The summed E-state index contributed by atoms with van der Waals surface area (Å²) < 4.78 is 5.82. The third kappa shape index (κ3) is 3.23. The summed E-state index contributed by atoms with van der Waals surface area (Å²) in [5, 5.41) is 20.0. The van der Waals surface area contributed by atoms with Crippen molar-refractivity contribution in [2.45, 2.75) is 44.0 Å². The van der Waals surface area contributed by atoms with Crippen LogP contribution < -0.4 is 0 Å². The van der Waals surface area contributed by atoms with Crippen LogP contribution in [-0.2, 0) is 4.74 Å². The number of benzene rings is 1. The molecular weight excluding hydrogens is 252 g/mol. The van der Waals surface area contributed by atoms with E-state index in [1.165, 1.54) is 0 Å². The summed E-state index contributed by atoms with van der Waals surface area (Å²) in [6.45, 7) is 0.00592. The molecule has 1 aromatic rings. The lowest BCUT2D eigenvalue weighted by Gasteiger charge is -2.29. The quantitative estimate of drug-likeness (QED) is 0.809. The van der Waals surface area contributed by atoms with E-state index in [2.05, 4.69) is 0 Å². The van der Waals surface area contributed by atoms with Gasteiger partial charge in [-0.05, 0) is 24.5 Å². The molecule has 1 atom stereocenters. The Bertz CT molecular complexity index is 388. The Morgan fingerprint density at radius 3 is 2.56 bits per heavy atom. The molecule has 1 saturated carbocycles. The zero-order valence-electron chi connectivity index (χ0n) is 10.3. The number of hydrogen-bond donors (Lipinski definition) is 2. The first-order valence-corrected chi connectivity index (χ1v) is 6.78. The van der Waals surface area contributed by atoms with Crippen molar-refractivity contribution >= 4 is 11.6 Å². The summed E-state index contributed by atoms with van der Waals surface area (Å²) in [7, 11) is 0. The molecule has 2 rings (SSSR count). The van der Waals surface area contributed by atoms with Crippen molar-refractivity contribution in [3.05, 3.63) is 34.9 Å². The summed E-state index contributed by atoms with van der Waals surface area (Å²) in [5.41, 5.74) is 0.827. The fourth-order valence-electron chi connectivity index (χ4n) is 2.44. The molecule has 3 nitrogen and oxygen atoms in total. The molecule has 0 bridgehead atoms. The number of hydrogen-bond acceptors (Lipinski definition) is 3. The predicted octanol–water partition coefficient (Wildman–Crippen LogP) is 3.04. The number of ether oxygens (including phenoxy) is 1. The topological polar surface area (TPSA) is 49.7 Å². The molecular formula is C14H19ClO3. The van der Waals surface area contributed by atoms with Crippen molar-refractivity contribution in [1.82, 2.24) is 0 Å². The smallest absolute Gasteiger partial charge is 0.166 e. The van der Waals surface area contributed by atoms with Gasteiger partial charge in [-0.1, -0.05) is 29.8 Å². The van der Waals surface area contributed by atoms with Crippen molar-refractivity contribution in [2.24, 2.45) is 0 Å². The largest absolute Gasteiger partial charge is 0.396 e. The molecule has 100 valence electrons. The molecule has 0 aromatic heterocycles. The first kappa shape index (κ1) is 13.8. The van der Waals surface area contributed by atoms with Crippen molar-refractivity contribution in [3.8, 4) is 0 Å². The Labute approximate surface area is 112 Å². The minimum absolute atomic E-state index is 0.00592. The molecule has 1 aliphatic rings. The van der Waals surface area contributed by atoms with Crippen LogP contribution in [0.15, 0.2) is 24.3 Å². The van der Waals surface area contributed by atoms with Gasteiger partial charge in [0.15, 0.2) is 5.79 Å². The summed E-state index contributed by atoms with van der Waals surface area (Å²) in [6.07, 6.45) is 3.34. The van der Waals surface area contributed by atoms with Gasteiger partial charge in [0.2, 0.25) is 0 Å². The Balaban J connectivity index is 2.15. The van der Waals surface area contributed by atoms with Crippen LogP contribution >= 0.6 is 11.6 Å². The van der Waals surface area contributed by atoms with Gasteiger partial charge in [-0.3, -0.25) is 0 Å². The van der Waals surface area contributed by atoms with Gasteiger partial charge >= 0.3 is 0 Å². The number of aliphatic hydroxyl groups excluding tert-OH is 1. The van der Waals surface area contributed by atoms with Gasteiger partial charge in [-0.15, -0.1) is 0 Å². The Kier molecular flexibility index (Phi) is 4.62. The fourth-order valence-corrected chi connectivity index (χ4v) is 2.70. The second-order valence-corrected chi connectivity index (χ2v) is 5.20. The fraction of sp³-hybridized carbons (Fsp3) is 0.571. The van der Waals surface area contributed by atoms with Gasteiger partial charge in [0, 0.05) is 30.9 Å². The molecule has 0 saturated heterocycles. The SMILES string of the molecule is OCCC(OC1(O)CCCC1)c1ccccc1Cl. The highest BCUT2D eigenvalue weighted by Crippen LogP contribution is 2.38. The third-order valence-corrected chi connectivity index (χ3v) is 3.73. The monoisotopic (exact) mass is 270 g/mol. The minimum Gasteiger partial charge on any atom is -0.396 e. The minimum atomic E-state index is -1.06. The maximum absolute atomic E-state index is 10.3. The van der Waals surface area contributed by atoms with E-state index >= 15 is 0 Å². The Hall–Kier alpha value is -0.610. The molecule has 1 aliphatic carbocycles. The second-order valence-electron chi connectivity index (χ2n) is 4.79. The average molecular weight is 271 g/mol. The van der Waals surface area contributed by atoms with Gasteiger partial charge in [0.25, 0.3) is 0 Å². The van der Waals surface area contributed by atoms with Crippen LogP contribution in [0.3, 0.4) is 0 Å². The lowest BCUT2D eigenvalue weighted by Crippen LogP contribution is -2.30. The van der Waals surface area contributed by atoms with E-state index in [0.29, 0.717) is 24.3 Å². The maximum atomic E-state index is 10.3. The molecule has 2 N–H and O–H groups in total. The number of halogens is 1. The first-order chi connectivity index (χ1) is 8.64. The molecule has 4 heteroatoms. The molecule has 0 aliphatic heterocycles. The Morgan fingerprint density at radius 1 is 1.28 bits per heavy atom. The van der Waals surface area contributed by atoms with Gasteiger partial charge in [0.05, 0.1) is 6.10 Å². The van der Waals surface area contributed by atoms with E-state index in [4.69, 9.17) is 21.4 Å². The standard InChI is InChI=1S/C14H19ClO3/c15-12-6-2-1-5-11(12)13(7-10-16)18-14(17)8-3-4-9-14/h1-2,5-6,13,16-17H,3-4,7-10H2. The molecule has 18 heavy (non-hydrogen) atoms. The van der Waals surface area contributed by atoms with Crippen molar-refractivity contribution in [2.75, 3.05) is 6.61 Å². The summed E-state index contributed by atoms with van der Waals surface area (Å²) >= 11 is 6.14. The highest BCUT2D eigenvalue weighted by atomic mass is 35.5. The molecule has 1 fully saturated rings. The van der Waals surface area contributed by atoms with Crippen LogP contribution in [0.5, 0.6) is 0 Å². The van der Waals surface area contributed by atoms with E-state index in [1.807, 2.05) is 18.2 Å². The third-order valence-electron chi connectivity index (χ3n) is 3.39. The molecule has 1 unspecified atom stereocenters. The molecule has 0 amide bonds. The maximum Gasteiger partial charge on any atom is 0.166 e. The Morgan fingerprint density at radius 2 is 1.94 bits per heavy atom. The van der Waals surface area contributed by atoms with E-state index < -0.39 is 5.79 Å². The van der Waals surface area contributed by atoms with Crippen LogP contribution in [-0.4, -0.2) is 22.6 Å². The van der Waals surface area contributed by atoms with Gasteiger partial charge < -0.3 is 14.9 Å². The normalized spacial score (nSPS) is 19.9. The predicted molar refractivity (Wildman–Crippen MR) is 70.4 cm³/mol. The lowest BCUT2D eigenvalue weighted by molar-refractivity contribution is -0.229. The van der Waals surface area contributed by atoms with Crippen molar-refractivity contribution in [3.63, 3.8) is 0 Å². The summed E-state index contributed by atoms with van der Waals surface area (Å²) in [6, 6.07) is 7.41. The first-order valence-electron chi connectivity index (χ1n) is 6.40. The molecule has 0 heterocycles. The van der Waals surface area contributed by atoms with E-state index in [0.717, 1.165) is 18.4 Å².